The standard InChI is InChI=1S/C19H24N2O3/c22-18(10-11-19(23)24)17-8-6-16(7-9-17)5-3-1-2-4-13-21-14-12-20-15-21/h6-9,12,14-15H,1-5,10-11,13H2,(H,23,24). The second kappa shape index (κ2) is 9.65. The van der Waals surface area contributed by atoms with Gasteiger partial charge in [0.05, 0.1) is 12.7 Å². The van der Waals surface area contributed by atoms with E-state index in [1.807, 2.05) is 24.7 Å². The Balaban J connectivity index is 1.62. The monoisotopic (exact) mass is 328 g/mol. The van der Waals surface area contributed by atoms with Gasteiger partial charge in [0.1, 0.15) is 0 Å². The van der Waals surface area contributed by atoms with Crippen LogP contribution in [0.2, 0.25) is 0 Å². The average molecular weight is 328 g/mol. The summed E-state index contributed by atoms with van der Waals surface area (Å²) in [6.45, 7) is 1.02. The molecule has 5 heteroatoms. The van der Waals surface area contributed by atoms with Crippen molar-refractivity contribution in [3.8, 4) is 0 Å². The molecule has 0 aliphatic rings. The minimum atomic E-state index is -0.937. The van der Waals surface area contributed by atoms with Crippen LogP contribution >= 0.6 is 0 Å². The third kappa shape index (κ3) is 6.36. The molecule has 5 nitrogen and oxygen atoms in total. The van der Waals surface area contributed by atoms with Crippen LogP contribution in [0.25, 0.3) is 0 Å². The lowest BCUT2D eigenvalue weighted by Gasteiger charge is -2.05. The van der Waals surface area contributed by atoms with Gasteiger partial charge in [-0.05, 0) is 24.8 Å². The van der Waals surface area contributed by atoms with Gasteiger partial charge in [0.2, 0.25) is 0 Å². The zero-order valence-corrected chi connectivity index (χ0v) is 13.9. The van der Waals surface area contributed by atoms with Crippen molar-refractivity contribution in [2.24, 2.45) is 0 Å². The topological polar surface area (TPSA) is 72.2 Å². The number of unbranched alkanes of at least 4 members (excludes halogenated alkanes) is 3. The summed E-state index contributed by atoms with van der Waals surface area (Å²) < 4.78 is 2.10. The van der Waals surface area contributed by atoms with Gasteiger partial charge in [0, 0.05) is 30.9 Å². The van der Waals surface area contributed by atoms with E-state index < -0.39 is 5.97 Å². The normalized spacial score (nSPS) is 10.7. The summed E-state index contributed by atoms with van der Waals surface area (Å²) in [5.74, 6) is -1.04. The number of Topliss-reactive ketones (excluding diaryl/α,β-unsaturated/α-hetero) is 1. The number of carboxylic acid groups (broad SMARTS) is 1. The molecule has 0 aliphatic heterocycles. The quantitative estimate of drug-likeness (QED) is 0.504. The molecule has 2 rings (SSSR count). The van der Waals surface area contributed by atoms with Crippen LogP contribution < -0.4 is 0 Å². The van der Waals surface area contributed by atoms with Gasteiger partial charge >= 0.3 is 5.97 Å². The van der Waals surface area contributed by atoms with Gasteiger partial charge in [-0.15, -0.1) is 0 Å². The zero-order valence-electron chi connectivity index (χ0n) is 13.9. The predicted octanol–water partition coefficient (Wildman–Crippen LogP) is 3.73. The molecular weight excluding hydrogens is 304 g/mol. The van der Waals surface area contributed by atoms with Crippen molar-refractivity contribution >= 4 is 11.8 Å². The Kier molecular flexibility index (Phi) is 7.21. The molecule has 1 aromatic heterocycles. The average Bonchev–Trinajstić information content (AvgIpc) is 3.09. The molecule has 0 spiro atoms. The number of aliphatic carboxylic acids is 1. The van der Waals surface area contributed by atoms with E-state index in [0.717, 1.165) is 25.8 Å². The summed E-state index contributed by atoms with van der Waals surface area (Å²) >= 11 is 0. The lowest BCUT2D eigenvalue weighted by Crippen LogP contribution is -2.03. The number of hydrogen-bond acceptors (Lipinski definition) is 3. The van der Waals surface area contributed by atoms with Crippen molar-refractivity contribution in [1.82, 2.24) is 9.55 Å². The molecule has 24 heavy (non-hydrogen) atoms. The van der Waals surface area contributed by atoms with Crippen LogP contribution in [0.4, 0.5) is 0 Å². The van der Waals surface area contributed by atoms with E-state index in [-0.39, 0.29) is 18.6 Å². The maximum Gasteiger partial charge on any atom is 0.303 e. The van der Waals surface area contributed by atoms with Crippen LogP contribution in [0.3, 0.4) is 0 Å². The van der Waals surface area contributed by atoms with Crippen LogP contribution in [0.5, 0.6) is 0 Å². The maximum atomic E-state index is 11.8. The fourth-order valence-electron chi connectivity index (χ4n) is 2.62. The second-order valence-electron chi connectivity index (χ2n) is 5.98. The number of benzene rings is 1. The Bertz CT molecular complexity index is 633. The van der Waals surface area contributed by atoms with E-state index in [9.17, 15) is 9.59 Å². The second-order valence-corrected chi connectivity index (χ2v) is 5.98. The van der Waals surface area contributed by atoms with Crippen LogP contribution in [-0.2, 0) is 17.8 Å². The molecule has 1 aromatic carbocycles. The fourth-order valence-corrected chi connectivity index (χ4v) is 2.62. The van der Waals surface area contributed by atoms with Gasteiger partial charge in [-0.25, -0.2) is 4.98 Å². The zero-order chi connectivity index (χ0) is 17.2. The van der Waals surface area contributed by atoms with Crippen LogP contribution in [0.1, 0.15) is 54.4 Å². The van der Waals surface area contributed by atoms with E-state index in [2.05, 4.69) is 9.55 Å². The van der Waals surface area contributed by atoms with Crippen molar-refractivity contribution in [2.45, 2.75) is 51.5 Å². The lowest BCUT2D eigenvalue weighted by atomic mass is 10.0. The number of imidazole rings is 1. The molecule has 0 saturated carbocycles. The first-order chi connectivity index (χ1) is 11.6. The molecule has 2 aromatic rings. The van der Waals surface area contributed by atoms with E-state index in [1.165, 1.54) is 18.4 Å². The molecule has 0 bridgehead atoms. The van der Waals surface area contributed by atoms with E-state index in [1.54, 1.807) is 18.3 Å². The highest BCUT2D eigenvalue weighted by molar-refractivity contribution is 5.97. The van der Waals surface area contributed by atoms with E-state index in [0.29, 0.717) is 5.56 Å². The molecule has 1 heterocycles. The molecule has 128 valence electrons. The highest BCUT2D eigenvalue weighted by atomic mass is 16.4. The number of carbonyl (C=O) groups is 2. The molecular formula is C19H24N2O3. The number of carbonyl (C=O) groups excluding carboxylic acids is 1. The molecule has 0 amide bonds. The molecule has 0 fully saturated rings. The van der Waals surface area contributed by atoms with Gasteiger partial charge in [-0.2, -0.15) is 0 Å². The largest absolute Gasteiger partial charge is 0.481 e. The number of aryl methyl sites for hydroxylation is 2. The Hall–Kier alpha value is -2.43. The third-order valence-electron chi connectivity index (χ3n) is 4.03. The van der Waals surface area contributed by atoms with Gasteiger partial charge in [-0.3, -0.25) is 9.59 Å². The van der Waals surface area contributed by atoms with Gasteiger partial charge in [0.25, 0.3) is 0 Å². The molecule has 0 atom stereocenters. The fraction of sp³-hybridized carbons (Fsp3) is 0.421. The molecule has 1 N–H and O–H groups in total. The van der Waals surface area contributed by atoms with E-state index in [4.69, 9.17) is 5.11 Å². The summed E-state index contributed by atoms with van der Waals surface area (Å²) in [6, 6.07) is 7.55. The van der Waals surface area contributed by atoms with Crippen molar-refractivity contribution in [1.29, 1.82) is 0 Å². The molecule has 0 aliphatic carbocycles. The first kappa shape index (κ1) is 17.9. The first-order valence-electron chi connectivity index (χ1n) is 8.45. The summed E-state index contributed by atoms with van der Waals surface area (Å²) in [4.78, 5) is 26.3. The van der Waals surface area contributed by atoms with Crippen molar-refractivity contribution in [2.75, 3.05) is 0 Å². The highest BCUT2D eigenvalue weighted by Gasteiger charge is 2.08. The van der Waals surface area contributed by atoms with Crippen LogP contribution in [-0.4, -0.2) is 26.4 Å². The minimum Gasteiger partial charge on any atom is -0.481 e. The number of carboxylic acids is 1. The first-order valence-corrected chi connectivity index (χ1v) is 8.45. The maximum absolute atomic E-state index is 11.8. The Labute approximate surface area is 142 Å². The summed E-state index contributed by atoms with van der Waals surface area (Å²) in [7, 11) is 0. The van der Waals surface area contributed by atoms with Crippen molar-refractivity contribution in [3.63, 3.8) is 0 Å². The smallest absolute Gasteiger partial charge is 0.303 e. The van der Waals surface area contributed by atoms with E-state index >= 15 is 0 Å². The predicted molar refractivity (Wildman–Crippen MR) is 92.0 cm³/mol. The lowest BCUT2D eigenvalue weighted by molar-refractivity contribution is -0.136. The number of aromatic nitrogens is 2. The minimum absolute atomic E-state index is 0.0611. The Morgan fingerprint density at radius 3 is 2.42 bits per heavy atom. The number of nitrogens with zero attached hydrogens (tertiary/aromatic N) is 2. The molecule has 0 saturated heterocycles. The van der Waals surface area contributed by atoms with Gasteiger partial charge in [0.15, 0.2) is 5.78 Å². The van der Waals surface area contributed by atoms with Crippen molar-refractivity contribution in [3.05, 3.63) is 54.1 Å². The summed E-state index contributed by atoms with van der Waals surface area (Å²) in [6.07, 6.45) is 11.3. The van der Waals surface area contributed by atoms with Crippen LogP contribution in [0, 0.1) is 0 Å². The SMILES string of the molecule is O=C(O)CCC(=O)c1ccc(CCCCCCn2ccnc2)cc1. The number of ketones is 1. The summed E-state index contributed by atoms with van der Waals surface area (Å²) in [5, 5.41) is 8.61. The van der Waals surface area contributed by atoms with Crippen molar-refractivity contribution < 1.29 is 14.7 Å². The molecule has 0 radical (unpaired) electrons. The summed E-state index contributed by atoms with van der Waals surface area (Å²) in [5.41, 5.74) is 1.82. The highest BCUT2D eigenvalue weighted by Crippen LogP contribution is 2.12. The Morgan fingerprint density at radius 2 is 1.75 bits per heavy atom. The third-order valence-corrected chi connectivity index (χ3v) is 4.03. The Morgan fingerprint density at radius 1 is 1.00 bits per heavy atom. The van der Waals surface area contributed by atoms with Crippen LogP contribution in [0.15, 0.2) is 43.0 Å². The number of hydrogen-bond donors (Lipinski definition) is 1. The molecule has 0 unspecified atom stereocenters. The number of rotatable bonds is 11. The van der Waals surface area contributed by atoms with Gasteiger partial charge in [-0.1, -0.05) is 37.1 Å². The van der Waals surface area contributed by atoms with Gasteiger partial charge < -0.3 is 9.67 Å².